The molecule has 0 aliphatic carbocycles. The van der Waals surface area contributed by atoms with Gasteiger partial charge in [0.15, 0.2) is 10.5 Å². The van der Waals surface area contributed by atoms with Gasteiger partial charge < -0.3 is 14.2 Å². The predicted molar refractivity (Wildman–Crippen MR) is 147 cm³/mol. The van der Waals surface area contributed by atoms with E-state index in [1.165, 1.54) is 23.5 Å². The van der Waals surface area contributed by atoms with Crippen LogP contribution >= 0.6 is 11.3 Å². The van der Waals surface area contributed by atoms with Crippen LogP contribution in [0.15, 0.2) is 57.2 Å². The van der Waals surface area contributed by atoms with Gasteiger partial charge in [0.2, 0.25) is 0 Å². The molecule has 0 bridgehead atoms. The minimum atomic E-state index is -0.317. The molecule has 0 amide bonds. The third-order valence-corrected chi connectivity index (χ3v) is 8.27. The van der Waals surface area contributed by atoms with E-state index in [0.29, 0.717) is 23.6 Å². The fourth-order valence-corrected chi connectivity index (χ4v) is 6.32. The lowest BCUT2D eigenvalue weighted by Gasteiger charge is -2.31. The maximum Gasteiger partial charge on any atom is 0.262 e. The summed E-state index contributed by atoms with van der Waals surface area (Å²) < 4.78 is 26.2. The maximum absolute atomic E-state index is 13.6. The maximum atomic E-state index is 13.6. The van der Waals surface area contributed by atoms with Crippen LogP contribution in [0.2, 0.25) is 0 Å². The highest BCUT2D eigenvalue weighted by molar-refractivity contribution is 7.15. The summed E-state index contributed by atoms with van der Waals surface area (Å²) in [6, 6.07) is 12.4. The highest BCUT2D eigenvalue weighted by atomic mass is 32.1. The molecule has 0 unspecified atom stereocenters. The van der Waals surface area contributed by atoms with Gasteiger partial charge >= 0.3 is 0 Å². The second-order valence-electron chi connectivity index (χ2n) is 9.75. The van der Waals surface area contributed by atoms with E-state index in [9.17, 15) is 9.18 Å². The normalized spacial score (nSPS) is 15.0. The summed E-state index contributed by atoms with van der Waals surface area (Å²) in [4.78, 5) is 21.5. The van der Waals surface area contributed by atoms with Crippen molar-refractivity contribution in [2.75, 3.05) is 26.2 Å². The Bertz CT molecular complexity index is 1650. The highest BCUT2D eigenvalue weighted by Crippen LogP contribution is 2.33. The highest BCUT2D eigenvalue weighted by Gasteiger charge is 2.25. The lowest BCUT2D eigenvalue weighted by Crippen LogP contribution is -2.35. The van der Waals surface area contributed by atoms with E-state index in [2.05, 4.69) is 10.1 Å². The van der Waals surface area contributed by atoms with Gasteiger partial charge in [-0.15, -0.1) is 11.3 Å². The topological polar surface area (TPSA) is 72.9 Å². The molecule has 0 N–H and O–H groups in total. The molecule has 5 aromatic rings. The Balaban J connectivity index is 1.16. The van der Waals surface area contributed by atoms with E-state index in [1.807, 2.05) is 43.5 Å². The van der Waals surface area contributed by atoms with Crippen LogP contribution in [-0.2, 0) is 6.42 Å². The van der Waals surface area contributed by atoms with Crippen molar-refractivity contribution in [3.63, 3.8) is 0 Å². The first kappa shape index (κ1) is 24.8. The van der Waals surface area contributed by atoms with E-state index in [0.717, 1.165) is 71.8 Å². The van der Waals surface area contributed by atoms with Crippen molar-refractivity contribution in [3.05, 3.63) is 81.0 Å². The first-order chi connectivity index (χ1) is 18.5. The molecule has 0 spiro atoms. The van der Waals surface area contributed by atoms with Crippen molar-refractivity contribution in [2.24, 2.45) is 0 Å². The minimum absolute atomic E-state index is 0.00817. The quantitative estimate of drug-likeness (QED) is 0.263. The van der Waals surface area contributed by atoms with Crippen LogP contribution in [0.3, 0.4) is 0 Å². The van der Waals surface area contributed by atoms with Gasteiger partial charge in [-0.1, -0.05) is 5.16 Å². The molecule has 7 nitrogen and oxygen atoms in total. The summed E-state index contributed by atoms with van der Waals surface area (Å²) in [6.45, 7) is 7.11. The van der Waals surface area contributed by atoms with Crippen molar-refractivity contribution in [1.82, 2.24) is 19.4 Å². The number of aromatic nitrogens is 3. The van der Waals surface area contributed by atoms with Gasteiger partial charge in [0, 0.05) is 40.6 Å². The molecule has 1 aliphatic heterocycles. The van der Waals surface area contributed by atoms with Gasteiger partial charge in [-0.25, -0.2) is 9.37 Å². The Kier molecular flexibility index (Phi) is 6.71. The molecule has 1 aliphatic rings. The minimum Gasteiger partial charge on any atom is -0.494 e. The number of nitrogens with zero attached hydrogens (tertiary/aromatic N) is 4. The number of benzene rings is 2. The zero-order valence-corrected chi connectivity index (χ0v) is 22.3. The van der Waals surface area contributed by atoms with Crippen LogP contribution in [0, 0.1) is 12.7 Å². The van der Waals surface area contributed by atoms with Gasteiger partial charge in [-0.2, -0.15) is 0 Å². The van der Waals surface area contributed by atoms with E-state index >= 15 is 0 Å². The SMILES string of the molecule is CCOc1ccc(-c2csc3nc(C)c(CCN4CCC(c5noc6cc(F)ccc56)CC4)c(=O)n23)cc1. The Labute approximate surface area is 223 Å². The zero-order chi connectivity index (χ0) is 26.2. The van der Waals surface area contributed by atoms with Crippen LogP contribution < -0.4 is 10.3 Å². The smallest absolute Gasteiger partial charge is 0.262 e. The van der Waals surface area contributed by atoms with Crippen LogP contribution in [0.5, 0.6) is 5.75 Å². The average Bonchev–Trinajstić information content (AvgIpc) is 3.54. The lowest BCUT2D eigenvalue weighted by molar-refractivity contribution is 0.211. The second-order valence-corrected chi connectivity index (χ2v) is 10.6. The van der Waals surface area contributed by atoms with E-state index in [1.54, 1.807) is 10.5 Å². The Morgan fingerprint density at radius 3 is 2.71 bits per heavy atom. The monoisotopic (exact) mass is 532 g/mol. The van der Waals surface area contributed by atoms with Crippen LogP contribution in [0.25, 0.3) is 27.2 Å². The molecule has 1 saturated heterocycles. The number of ether oxygens (including phenoxy) is 1. The molecular weight excluding hydrogens is 503 g/mol. The fraction of sp³-hybridized carbons (Fsp3) is 0.345. The molecule has 9 heteroatoms. The number of likely N-dealkylation sites (tertiary alicyclic amines) is 1. The summed E-state index contributed by atoms with van der Waals surface area (Å²) >= 11 is 1.48. The first-order valence-corrected chi connectivity index (χ1v) is 13.9. The summed E-state index contributed by atoms with van der Waals surface area (Å²) in [5, 5.41) is 7.15. The number of piperidine rings is 1. The number of aryl methyl sites for hydroxylation is 1. The molecule has 0 radical (unpaired) electrons. The van der Waals surface area contributed by atoms with Crippen molar-refractivity contribution >= 4 is 27.3 Å². The molecular formula is C29H29FN4O3S. The van der Waals surface area contributed by atoms with Gasteiger partial charge in [0.05, 0.1) is 18.0 Å². The summed E-state index contributed by atoms with van der Waals surface area (Å²) in [5.41, 5.74) is 4.80. The standard InChI is InChI=1S/C29H29FN4O3S/c1-3-36-22-7-4-19(5-8-22)25-17-38-29-31-18(2)23(28(35)34(25)29)12-15-33-13-10-20(11-14-33)27-24-9-6-21(30)16-26(24)37-32-27/h4-9,16-17,20H,3,10-15H2,1-2H3. The summed E-state index contributed by atoms with van der Waals surface area (Å²) in [6.07, 6.45) is 2.54. The number of thiazole rings is 1. The van der Waals surface area contributed by atoms with E-state index in [4.69, 9.17) is 14.2 Å². The number of rotatable bonds is 7. The van der Waals surface area contributed by atoms with Crippen LogP contribution in [-0.4, -0.2) is 45.7 Å². The van der Waals surface area contributed by atoms with Gasteiger partial charge in [0.1, 0.15) is 11.6 Å². The fourth-order valence-electron chi connectivity index (χ4n) is 5.39. The van der Waals surface area contributed by atoms with Gasteiger partial charge in [0.25, 0.3) is 5.56 Å². The van der Waals surface area contributed by atoms with E-state index in [-0.39, 0.29) is 17.3 Å². The number of hydrogen-bond acceptors (Lipinski definition) is 7. The summed E-state index contributed by atoms with van der Waals surface area (Å²) in [5.74, 6) is 0.779. The zero-order valence-electron chi connectivity index (χ0n) is 21.4. The molecule has 0 saturated carbocycles. The molecule has 2 aromatic carbocycles. The third kappa shape index (κ3) is 4.61. The molecule has 196 valence electrons. The van der Waals surface area contributed by atoms with Crippen molar-refractivity contribution < 1.29 is 13.7 Å². The number of halogens is 1. The summed E-state index contributed by atoms with van der Waals surface area (Å²) in [7, 11) is 0. The van der Waals surface area contributed by atoms with Crippen molar-refractivity contribution in [1.29, 1.82) is 0 Å². The lowest BCUT2D eigenvalue weighted by atomic mass is 9.91. The van der Waals surface area contributed by atoms with Crippen molar-refractivity contribution in [2.45, 2.75) is 39.0 Å². The van der Waals surface area contributed by atoms with E-state index < -0.39 is 0 Å². The molecule has 38 heavy (non-hydrogen) atoms. The Morgan fingerprint density at radius 1 is 1.16 bits per heavy atom. The average molecular weight is 533 g/mol. The number of fused-ring (bicyclic) bond motifs is 2. The molecule has 3 aromatic heterocycles. The molecule has 4 heterocycles. The molecule has 6 rings (SSSR count). The van der Waals surface area contributed by atoms with Gasteiger partial charge in [-0.05, 0) is 88.2 Å². The van der Waals surface area contributed by atoms with Crippen LogP contribution in [0.4, 0.5) is 4.39 Å². The third-order valence-electron chi connectivity index (χ3n) is 7.44. The van der Waals surface area contributed by atoms with Gasteiger partial charge in [-0.3, -0.25) is 9.20 Å². The van der Waals surface area contributed by atoms with Crippen molar-refractivity contribution in [3.8, 4) is 17.0 Å². The van der Waals surface area contributed by atoms with Crippen LogP contribution in [0.1, 0.15) is 42.6 Å². The first-order valence-electron chi connectivity index (χ1n) is 13.0. The molecule has 1 fully saturated rings. The molecule has 0 atom stereocenters. The second kappa shape index (κ2) is 10.3. The Morgan fingerprint density at radius 2 is 1.95 bits per heavy atom. The predicted octanol–water partition coefficient (Wildman–Crippen LogP) is 5.83. The Hall–Kier alpha value is -3.56. The number of hydrogen-bond donors (Lipinski definition) is 0. The largest absolute Gasteiger partial charge is 0.494 e.